The second kappa shape index (κ2) is 5.87. The minimum Gasteiger partial charge on any atom is -0.356 e. The first-order valence-electron chi connectivity index (χ1n) is 5.83. The maximum atomic E-state index is 11.9. The van der Waals surface area contributed by atoms with Crippen LogP contribution in [0.15, 0.2) is 0 Å². The average Bonchev–Trinajstić information content (AvgIpc) is 2.51. The first-order chi connectivity index (χ1) is 6.83. The Bertz CT molecular complexity index is 230. The molecule has 1 fully saturated rings. The van der Waals surface area contributed by atoms with E-state index in [-0.39, 0.29) is 23.7 Å². The molecule has 0 bridgehead atoms. The van der Waals surface area contributed by atoms with Crippen molar-refractivity contribution in [2.75, 3.05) is 19.6 Å². The highest BCUT2D eigenvalue weighted by molar-refractivity contribution is 5.85. The summed E-state index contributed by atoms with van der Waals surface area (Å²) in [6, 6.07) is 0. The van der Waals surface area contributed by atoms with E-state index in [4.69, 9.17) is 0 Å². The lowest BCUT2D eigenvalue weighted by molar-refractivity contribution is -0.129. The molecule has 0 saturated carbocycles. The van der Waals surface area contributed by atoms with Gasteiger partial charge >= 0.3 is 0 Å². The fraction of sp³-hybridized carbons (Fsp3) is 0.917. The number of rotatable bonds is 3. The van der Waals surface area contributed by atoms with Crippen LogP contribution in [0.4, 0.5) is 0 Å². The van der Waals surface area contributed by atoms with E-state index >= 15 is 0 Å². The normalized spacial score (nSPS) is 25.0. The molecule has 96 valence electrons. The molecular formula is C12H25ClN2O. The molecule has 0 spiro atoms. The summed E-state index contributed by atoms with van der Waals surface area (Å²) in [6.45, 7) is 11.2. The van der Waals surface area contributed by atoms with Gasteiger partial charge in [0.05, 0.1) is 5.41 Å². The Morgan fingerprint density at radius 3 is 2.50 bits per heavy atom. The maximum absolute atomic E-state index is 11.9. The van der Waals surface area contributed by atoms with Crippen molar-refractivity contribution < 1.29 is 4.79 Å². The summed E-state index contributed by atoms with van der Waals surface area (Å²) < 4.78 is 0. The lowest BCUT2D eigenvalue weighted by atomic mass is 9.88. The summed E-state index contributed by atoms with van der Waals surface area (Å²) in [4.78, 5) is 11.9. The van der Waals surface area contributed by atoms with E-state index in [1.54, 1.807) is 0 Å². The molecule has 1 rings (SSSR count). The highest BCUT2D eigenvalue weighted by Gasteiger charge is 2.35. The zero-order chi connectivity index (χ0) is 11.5. The first kappa shape index (κ1) is 15.7. The van der Waals surface area contributed by atoms with Crippen molar-refractivity contribution in [1.29, 1.82) is 0 Å². The van der Waals surface area contributed by atoms with Crippen LogP contribution < -0.4 is 10.6 Å². The topological polar surface area (TPSA) is 41.1 Å². The molecular weight excluding hydrogens is 224 g/mol. The van der Waals surface area contributed by atoms with Gasteiger partial charge in [-0.2, -0.15) is 0 Å². The van der Waals surface area contributed by atoms with E-state index in [1.807, 2.05) is 6.92 Å². The molecule has 1 aliphatic heterocycles. The largest absolute Gasteiger partial charge is 0.356 e. The Kier molecular flexibility index (Phi) is 5.77. The third-order valence-corrected chi connectivity index (χ3v) is 3.08. The van der Waals surface area contributed by atoms with Gasteiger partial charge in [-0.15, -0.1) is 12.4 Å². The Balaban J connectivity index is 0.00000225. The Morgan fingerprint density at radius 2 is 2.06 bits per heavy atom. The van der Waals surface area contributed by atoms with Crippen molar-refractivity contribution in [1.82, 2.24) is 10.6 Å². The SMILES string of the molecule is CC(C)(C)CCNC(=O)C1(C)CCNC1.Cl. The Labute approximate surface area is 105 Å². The molecule has 1 atom stereocenters. The highest BCUT2D eigenvalue weighted by Crippen LogP contribution is 2.24. The van der Waals surface area contributed by atoms with E-state index in [2.05, 4.69) is 31.4 Å². The number of hydrogen-bond donors (Lipinski definition) is 2. The van der Waals surface area contributed by atoms with Gasteiger partial charge < -0.3 is 10.6 Å². The molecule has 0 aliphatic carbocycles. The summed E-state index contributed by atoms with van der Waals surface area (Å²) in [5, 5.41) is 6.28. The molecule has 0 aromatic heterocycles. The molecule has 4 heteroatoms. The summed E-state index contributed by atoms with van der Waals surface area (Å²) in [7, 11) is 0. The fourth-order valence-electron chi connectivity index (χ4n) is 1.78. The summed E-state index contributed by atoms with van der Waals surface area (Å²) in [5.74, 6) is 0.205. The number of carbonyl (C=O) groups is 1. The van der Waals surface area contributed by atoms with Crippen LogP contribution in [0.3, 0.4) is 0 Å². The van der Waals surface area contributed by atoms with E-state index in [1.165, 1.54) is 0 Å². The zero-order valence-electron chi connectivity index (χ0n) is 10.9. The molecule has 0 radical (unpaired) electrons. The van der Waals surface area contributed by atoms with Gasteiger partial charge in [-0.1, -0.05) is 20.8 Å². The van der Waals surface area contributed by atoms with Gasteiger partial charge in [0.1, 0.15) is 0 Å². The molecule has 1 unspecified atom stereocenters. The molecule has 2 N–H and O–H groups in total. The fourth-order valence-corrected chi connectivity index (χ4v) is 1.78. The zero-order valence-corrected chi connectivity index (χ0v) is 11.7. The second-order valence-electron chi connectivity index (χ2n) is 6.05. The van der Waals surface area contributed by atoms with Crippen LogP contribution in [0.25, 0.3) is 0 Å². The maximum Gasteiger partial charge on any atom is 0.227 e. The van der Waals surface area contributed by atoms with Crippen LogP contribution in [0.1, 0.15) is 40.5 Å². The number of carbonyl (C=O) groups excluding carboxylic acids is 1. The van der Waals surface area contributed by atoms with Gasteiger partial charge in [-0.05, 0) is 31.7 Å². The minimum atomic E-state index is -0.183. The van der Waals surface area contributed by atoms with E-state index in [0.29, 0.717) is 5.41 Å². The van der Waals surface area contributed by atoms with E-state index in [9.17, 15) is 4.79 Å². The van der Waals surface area contributed by atoms with Crippen molar-refractivity contribution in [3.05, 3.63) is 0 Å². The number of halogens is 1. The van der Waals surface area contributed by atoms with Gasteiger partial charge in [0, 0.05) is 13.1 Å². The van der Waals surface area contributed by atoms with Crippen LogP contribution in [0.2, 0.25) is 0 Å². The molecule has 1 saturated heterocycles. The number of hydrogen-bond acceptors (Lipinski definition) is 2. The van der Waals surface area contributed by atoms with Gasteiger partial charge in [-0.25, -0.2) is 0 Å². The molecule has 1 aliphatic rings. The predicted octanol–water partition coefficient (Wildman–Crippen LogP) is 1.96. The van der Waals surface area contributed by atoms with Crippen molar-refractivity contribution in [2.24, 2.45) is 10.8 Å². The van der Waals surface area contributed by atoms with E-state index in [0.717, 1.165) is 32.5 Å². The Morgan fingerprint density at radius 1 is 1.44 bits per heavy atom. The van der Waals surface area contributed by atoms with Crippen molar-refractivity contribution >= 4 is 18.3 Å². The van der Waals surface area contributed by atoms with Crippen LogP contribution in [0.5, 0.6) is 0 Å². The van der Waals surface area contributed by atoms with Crippen molar-refractivity contribution in [3.63, 3.8) is 0 Å². The number of nitrogens with one attached hydrogen (secondary N) is 2. The van der Waals surface area contributed by atoms with Crippen molar-refractivity contribution in [3.8, 4) is 0 Å². The molecule has 16 heavy (non-hydrogen) atoms. The van der Waals surface area contributed by atoms with Gasteiger partial charge in [0.2, 0.25) is 5.91 Å². The van der Waals surface area contributed by atoms with Crippen molar-refractivity contribution in [2.45, 2.75) is 40.5 Å². The average molecular weight is 249 g/mol. The summed E-state index contributed by atoms with van der Waals surface area (Å²) in [6.07, 6.45) is 1.98. The molecule has 0 aromatic carbocycles. The third kappa shape index (κ3) is 4.71. The lowest BCUT2D eigenvalue weighted by Crippen LogP contribution is -2.41. The third-order valence-electron chi connectivity index (χ3n) is 3.08. The van der Waals surface area contributed by atoms with Gasteiger partial charge in [0.15, 0.2) is 0 Å². The lowest BCUT2D eigenvalue weighted by Gasteiger charge is -2.23. The first-order valence-corrected chi connectivity index (χ1v) is 5.83. The van der Waals surface area contributed by atoms with Crippen LogP contribution in [0, 0.1) is 10.8 Å². The van der Waals surface area contributed by atoms with Crippen LogP contribution >= 0.6 is 12.4 Å². The highest BCUT2D eigenvalue weighted by atomic mass is 35.5. The summed E-state index contributed by atoms with van der Waals surface area (Å²) in [5.41, 5.74) is 0.111. The summed E-state index contributed by atoms with van der Waals surface area (Å²) >= 11 is 0. The van der Waals surface area contributed by atoms with E-state index < -0.39 is 0 Å². The molecule has 1 heterocycles. The Hall–Kier alpha value is -0.280. The number of amides is 1. The minimum absolute atomic E-state index is 0. The van der Waals surface area contributed by atoms with Crippen LogP contribution in [-0.2, 0) is 4.79 Å². The predicted molar refractivity (Wildman–Crippen MR) is 69.9 cm³/mol. The standard InChI is InChI=1S/C12H24N2O.ClH/c1-11(2,3)5-8-14-10(15)12(4)6-7-13-9-12;/h13H,5-9H2,1-4H3,(H,14,15);1H. The molecule has 1 amide bonds. The van der Waals surface area contributed by atoms with Gasteiger partial charge in [-0.3, -0.25) is 4.79 Å². The van der Waals surface area contributed by atoms with Gasteiger partial charge in [0.25, 0.3) is 0 Å². The quantitative estimate of drug-likeness (QED) is 0.802. The smallest absolute Gasteiger partial charge is 0.227 e. The second-order valence-corrected chi connectivity index (χ2v) is 6.05. The van der Waals surface area contributed by atoms with Crippen LogP contribution in [-0.4, -0.2) is 25.5 Å². The molecule has 3 nitrogen and oxygen atoms in total. The molecule has 0 aromatic rings. The monoisotopic (exact) mass is 248 g/mol.